The maximum absolute atomic E-state index is 8.59. The number of diazo groups is 1. The highest BCUT2D eigenvalue weighted by molar-refractivity contribution is 6.33. The van der Waals surface area contributed by atoms with Crippen molar-refractivity contribution < 1.29 is 12.4 Å². The van der Waals surface area contributed by atoms with Gasteiger partial charge in [0.1, 0.15) is 0 Å². The molecule has 2 aromatic rings. The van der Waals surface area contributed by atoms with E-state index >= 15 is 0 Å². The second-order valence-corrected chi connectivity index (χ2v) is 3.54. The summed E-state index contributed by atoms with van der Waals surface area (Å²) in [6.45, 7) is 0. The lowest BCUT2D eigenvalue weighted by Gasteiger charge is -2.01. The monoisotopic (exact) mass is 250 g/mol. The summed E-state index contributed by atoms with van der Waals surface area (Å²) < 4.78 is 0. The molecule has 0 bridgehead atoms. The molecule has 0 amide bonds. The van der Waals surface area contributed by atoms with Crippen LogP contribution < -0.4 is 12.4 Å². The first kappa shape index (κ1) is 12.5. The normalized spacial score (nSPS) is 9.00. The third kappa shape index (κ3) is 2.52. The quantitative estimate of drug-likeness (QED) is 0.706. The zero-order chi connectivity index (χ0) is 10.7. The van der Waals surface area contributed by atoms with Crippen molar-refractivity contribution in [2.75, 3.05) is 0 Å². The van der Waals surface area contributed by atoms with Gasteiger partial charge >= 0.3 is 5.69 Å². The molecule has 0 saturated heterocycles. The van der Waals surface area contributed by atoms with Crippen LogP contribution >= 0.6 is 11.6 Å². The molecule has 0 atom stereocenters. The van der Waals surface area contributed by atoms with Crippen LogP contribution in [0.1, 0.15) is 0 Å². The molecule has 16 heavy (non-hydrogen) atoms. The predicted octanol–water partition coefficient (Wildman–Crippen LogP) is 1.50. The van der Waals surface area contributed by atoms with Gasteiger partial charge in [-0.1, -0.05) is 41.9 Å². The van der Waals surface area contributed by atoms with Gasteiger partial charge < -0.3 is 12.4 Å². The van der Waals surface area contributed by atoms with E-state index in [-0.39, 0.29) is 12.4 Å². The fourth-order valence-corrected chi connectivity index (χ4v) is 1.70. The minimum Gasteiger partial charge on any atom is -1.00 e. The molecule has 2 nitrogen and oxygen atoms in total. The summed E-state index contributed by atoms with van der Waals surface area (Å²) in [4.78, 5) is 3.08. The Morgan fingerprint density at radius 1 is 1.00 bits per heavy atom. The molecule has 0 aliphatic carbocycles. The van der Waals surface area contributed by atoms with Crippen LogP contribution in [0.3, 0.4) is 0 Å². The number of rotatable bonds is 1. The summed E-state index contributed by atoms with van der Waals surface area (Å²) in [5, 5.41) is 9.17. The number of nitrogens with zero attached hydrogens (tertiary/aromatic N) is 2. The lowest BCUT2D eigenvalue weighted by atomic mass is 10.1. The van der Waals surface area contributed by atoms with E-state index in [1.807, 2.05) is 36.4 Å². The van der Waals surface area contributed by atoms with Crippen molar-refractivity contribution in [1.29, 1.82) is 5.39 Å². The Hall–Kier alpha value is -1.56. The summed E-state index contributed by atoms with van der Waals surface area (Å²) in [6.07, 6.45) is 0. The van der Waals surface area contributed by atoms with Gasteiger partial charge in [0.25, 0.3) is 0 Å². The van der Waals surface area contributed by atoms with Crippen molar-refractivity contribution >= 4 is 17.3 Å². The van der Waals surface area contributed by atoms with E-state index in [1.54, 1.807) is 12.1 Å². The molecule has 0 aliphatic heterocycles. The minimum atomic E-state index is 0. The first-order valence-corrected chi connectivity index (χ1v) is 4.89. The topological polar surface area (TPSA) is 28.1 Å². The molecular formula is C12H8Cl2N2. The van der Waals surface area contributed by atoms with Gasteiger partial charge in [0.05, 0.1) is 11.1 Å². The maximum Gasteiger partial charge on any atom is 0.386 e. The Kier molecular flexibility index (Phi) is 4.30. The second kappa shape index (κ2) is 5.50. The summed E-state index contributed by atoms with van der Waals surface area (Å²) in [5.41, 5.74) is 2.44. The zero-order valence-electron chi connectivity index (χ0n) is 8.27. The molecule has 80 valence electrons. The Bertz CT molecular complexity index is 518. The molecule has 0 aliphatic rings. The Morgan fingerprint density at radius 2 is 1.69 bits per heavy atom. The summed E-state index contributed by atoms with van der Waals surface area (Å²) in [6, 6.07) is 15.0. The molecule has 0 aromatic heterocycles. The molecule has 0 saturated carbocycles. The van der Waals surface area contributed by atoms with Crippen LogP contribution in [0.2, 0.25) is 5.02 Å². The van der Waals surface area contributed by atoms with Gasteiger partial charge in [0.15, 0.2) is 4.98 Å². The highest BCUT2D eigenvalue weighted by atomic mass is 35.5. The molecular weight excluding hydrogens is 243 g/mol. The van der Waals surface area contributed by atoms with Gasteiger partial charge in [-0.15, -0.1) is 0 Å². The fraction of sp³-hybridized carbons (Fsp3) is 0. The molecule has 0 N–H and O–H groups in total. The average Bonchev–Trinajstić information content (AvgIpc) is 2.30. The van der Waals surface area contributed by atoms with Crippen LogP contribution in [-0.2, 0) is 0 Å². The van der Waals surface area contributed by atoms with Crippen LogP contribution in [-0.4, -0.2) is 0 Å². The minimum absolute atomic E-state index is 0. The van der Waals surface area contributed by atoms with Gasteiger partial charge in [-0.2, -0.15) is 0 Å². The van der Waals surface area contributed by atoms with Crippen molar-refractivity contribution in [1.82, 2.24) is 0 Å². The molecule has 0 heterocycles. The first-order chi connectivity index (χ1) is 7.31. The van der Waals surface area contributed by atoms with Crippen LogP contribution in [0.15, 0.2) is 48.5 Å². The fourth-order valence-electron chi connectivity index (χ4n) is 1.42. The number of benzene rings is 2. The molecule has 2 aromatic carbocycles. The first-order valence-electron chi connectivity index (χ1n) is 4.51. The van der Waals surface area contributed by atoms with E-state index in [4.69, 9.17) is 17.0 Å². The van der Waals surface area contributed by atoms with Crippen molar-refractivity contribution in [2.45, 2.75) is 0 Å². The number of hydrogen-bond acceptors (Lipinski definition) is 1. The Morgan fingerprint density at radius 3 is 2.25 bits per heavy atom. The van der Waals surface area contributed by atoms with E-state index in [1.165, 1.54) is 0 Å². The van der Waals surface area contributed by atoms with Crippen LogP contribution in [0, 0.1) is 5.39 Å². The van der Waals surface area contributed by atoms with E-state index in [0.29, 0.717) is 10.7 Å². The van der Waals surface area contributed by atoms with Gasteiger partial charge in [0.2, 0.25) is 5.39 Å². The molecule has 0 radical (unpaired) electrons. The highest BCUT2D eigenvalue weighted by Gasteiger charge is 2.09. The van der Waals surface area contributed by atoms with Crippen molar-refractivity contribution in [3.8, 4) is 11.1 Å². The van der Waals surface area contributed by atoms with E-state index in [0.717, 1.165) is 11.1 Å². The third-order valence-corrected chi connectivity index (χ3v) is 2.47. The van der Waals surface area contributed by atoms with E-state index < -0.39 is 0 Å². The van der Waals surface area contributed by atoms with Gasteiger partial charge in [-0.3, -0.25) is 0 Å². The maximum atomic E-state index is 8.59. The van der Waals surface area contributed by atoms with E-state index in [2.05, 4.69) is 4.98 Å². The molecule has 4 heteroatoms. The summed E-state index contributed by atoms with van der Waals surface area (Å²) in [5.74, 6) is 0. The van der Waals surface area contributed by atoms with Gasteiger partial charge in [0, 0.05) is 11.6 Å². The summed E-state index contributed by atoms with van der Waals surface area (Å²) in [7, 11) is 0. The molecule has 0 spiro atoms. The molecule has 2 rings (SSSR count). The van der Waals surface area contributed by atoms with Crippen LogP contribution in [0.4, 0.5) is 5.69 Å². The Balaban J connectivity index is 0.00000128. The van der Waals surface area contributed by atoms with Crippen molar-refractivity contribution in [3.05, 3.63) is 58.5 Å². The standard InChI is InChI=1S/C12H8ClN2.ClH/c13-12-8-10(15-14)6-7-11(12)9-4-2-1-3-5-9;/h1-8H;1H/q+1;/p-1. The molecule has 0 fully saturated rings. The van der Waals surface area contributed by atoms with E-state index in [9.17, 15) is 0 Å². The predicted molar refractivity (Wildman–Crippen MR) is 61.6 cm³/mol. The number of hydrogen-bond donors (Lipinski definition) is 0. The van der Waals surface area contributed by atoms with Crippen LogP contribution in [0.5, 0.6) is 0 Å². The average molecular weight is 251 g/mol. The molecule has 0 unspecified atom stereocenters. The van der Waals surface area contributed by atoms with Gasteiger partial charge in [-0.05, 0) is 11.6 Å². The second-order valence-electron chi connectivity index (χ2n) is 3.13. The lowest BCUT2D eigenvalue weighted by Crippen LogP contribution is -3.00. The smallest absolute Gasteiger partial charge is 0.386 e. The zero-order valence-corrected chi connectivity index (χ0v) is 9.78. The van der Waals surface area contributed by atoms with Crippen molar-refractivity contribution in [3.63, 3.8) is 0 Å². The lowest BCUT2D eigenvalue weighted by molar-refractivity contribution is -0.00000307. The summed E-state index contributed by atoms with van der Waals surface area (Å²) >= 11 is 6.07. The largest absolute Gasteiger partial charge is 1.00 e. The van der Waals surface area contributed by atoms with Crippen LogP contribution in [0.25, 0.3) is 16.1 Å². The highest BCUT2D eigenvalue weighted by Crippen LogP contribution is 2.30. The number of halogens is 2. The Labute approximate surface area is 105 Å². The van der Waals surface area contributed by atoms with Crippen molar-refractivity contribution in [2.24, 2.45) is 0 Å². The van der Waals surface area contributed by atoms with Gasteiger partial charge in [-0.25, -0.2) is 0 Å². The SMILES string of the molecule is N#[N+]c1ccc(-c2ccccc2)c(Cl)c1.[Cl-]. The third-order valence-electron chi connectivity index (χ3n) is 2.15.